The average Bonchev–Trinajstić information content (AvgIpc) is 3.16. The molecule has 0 saturated carbocycles. The molecule has 278 valence electrons. The number of fused-ring (bicyclic) bond motifs is 1. The van der Waals surface area contributed by atoms with Gasteiger partial charge in [0.1, 0.15) is 0 Å². The van der Waals surface area contributed by atoms with Crippen molar-refractivity contribution >= 4 is 209 Å². The SMILES string of the molecule is PP(P)P(P(P)P)P(P=S)P(P(P(P)P)P(P)P)P(P(P)P)P(P)P.[2H]c1c([2H])c([2H])c(C#Cc2cc3c(cc2C=O)C(C)(C)C(C)(C)C3(C)C)c([2H])c1[2H]. The third kappa shape index (κ3) is 13.8. The molecule has 13 unspecified atom stereocenters. The van der Waals surface area contributed by atoms with Crippen LogP contribution in [0, 0.1) is 17.3 Å². The first-order valence-corrected chi connectivity index (χ1v) is 57.8. The Bertz CT molecular complexity index is 1710. The maximum atomic E-state index is 11.8. The van der Waals surface area contributed by atoms with E-state index in [1.54, 1.807) is 0 Å². The predicted octanol–water partition coefficient (Wildman–Crippen LogP) is 19.7. The minimum absolute atomic E-state index is 0.0129. The molecule has 0 N–H and O–H groups in total. The van der Waals surface area contributed by atoms with Gasteiger partial charge in [-0.05, 0) is 114 Å². The fourth-order valence-corrected chi connectivity index (χ4v) is 311. The molecular formula is C24H50OP24S. The van der Waals surface area contributed by atoms with E-state index in [1.807, 2.05) is 12.1 Å². The van der Waals surface area contributed by atoms with E-state index in [0.717, 1.165) is 17.4 Å². The van der Waals surface area contributed by atoms with Gasteiger partial charge in [-0.1, -0.05) is 83.3 Å². The number of carbonyl (C=O) groups is 1. The Labute approximate surface area is 357 Å². The van der Waals surface area contributed by atoms with Crippen LogP contribution in [-0.4, -0.2) is 6.29 Å². The second kappa shape index (κ2) is 24.8. The Hall–Kier alpha value is 8.08. The van der Waals surface area contributed by atoms with Crippen LogP contribution < -0.4 is 0 Å². The molecule has 50 heavy (non-hydrogen) atoms. The van der Waals surface area contributed by atoms with Crippen LogP contribution in [0.1, 0.15) is 81.0 Å². The first kappa shape index (κ1) is 46.1. The van der Waals surface area contributed by atoms with Gasteiger partial charge in [-0.2, -0.15) is 0 Å². The van der Waals surface area contributed by atoms with E-state index >= 15 is 0 Å². The minimum atomic E-state index is -0.451. The normalized spacial score (nSPS) is 18.4. The highest BCUT2D eigenvalue weighted by molar-refractivity contribution is 9.39. The molecule has 0 saturated heterocycles. The van der Waals surface area contributed by atoms with Gasteiger partial charge in [0.2, 0.25) is 0 Å². The summed E-state index contributed by atoms with van der Waals surface area (Å²) in [4.78, 5) is 11.8. The number of benzene rings is 2. The molecule has 2 aromatic carbocycles. The largest absolute Gasteiger partial charge is 0.298 e. The summed E-state index contributed by atoms with van der Waals surface area (Å²) in [5, 5.41) is 0. The van der Waals surface area contributed by atoms with Crippen LogP contribution in [0.2, 0.25) is 0 Å². The lowest BCUT2D eigenvalue weighted by Crippen LogP contribution is -2.42. The topological polar surface area (TPSA) is 17.1 Å². The Balaban J connectivity index is 0.000000388. The molecular weight excluding hydrogens is 1080 g/mol. The van der Waals surface area contributed by atoms with Crippen molar-refractivity contribution in [3.63, 3.8) is 0 Å². The van der Waals surface area contributed by atoms with Crippen molar-refractivity contribution < 1.29 is 11.6 Å². The van der Waals surface area contributed by atoms with Gasteiger partial charge in [0.15, 0.2) is 6.29 Å². The van der Waals surface area contributed by atoms with Gasteiger partial charge < -0.3 is 0 Å². The van der Waals surface area contributed by atoms with Crippen molar-refractivity contribution in [1.29, 1.82) is 0 Å². The molecule has 1 aliphatic carbocycles. The third-order valence-corrected chi connectivity index (χ3v) is 165. The molecule has 1 aliphatic rings. The summed E-state index contributed by atoms with van der Waals surface area (Å²) in [5.41, 5.74) is 2.72. The van der Waals surface area contributed by atoms with Crippen molar-refractivity contribution in [1.82, 2.24) is 0 Å². The summed E-state index contributed by atoms with van der Waals surface area (Å²) < 4.78 is 39.4. The van der Waals surface area contributed by atoms with Crippen molar-refractivity contribution in [3.05, 3.63) is 70.2 Å². The van der Waals surface area contributed by atoms with Crippen LogP contribution in [0.3, 0.4) is 0 Å². The lowest BCUT2D eigenvalue weighted by atomic mass is 9.59. The molecule has 3 rings (SSSR count). The van der Waals surface area contributed by atoms with Crippen LogP contribution >= 0.6 is 191 Å². The van der Waals surface area contributed by atoms with E-state index in [0.29, 0.717) is 11.1 Å². The van der Waals surface area contributed by atoms with Gasteiger partial charge in [0.25, 0.3) is 0 Å². The molecule has 0 radical (unpaired) electrons. The summed E-state index contributed by atoms with van der Waals surface area (Å²) in [6.07, 6.45) is 0.765. The van der Waals surface area contributed by atoms with Gasteiger partial charge in [-0.3, -0.25) is 4.79 Å². The molecule has 0 bridgehead atoms. The van der Waals surface area contributed by atoms with Crippen LogP contribution in [-0.2, 0) is 22.6 Å². The summed E-state index contributed by atoms with van der Waals surface area (Å²) in [5.74, 6) is 5.64. The van der Waals surface area contributed by atoms with E-state index in [4.69, 9.17) is 18.7 Å². The molecule has 0 aliphatic heterocycles. The minimum Gasteiger partial charge on any atom is -0.298 e. The number of carbonyl (C=O) groups excluding carboxylic acids is 1. The molecule has 0 spiro atoms. The Morgan fingerprint density at radius 3 is 1.40 bits per heavy atom. The second-order valence-electron chi connectivity index (χ2n) is 11.9. The monoisotopic (exact) mass is 1130 g/mol. The first-order chi connectivity index (χ1) is 25.1. The molecule has 26 heteroatoms. The lowest BCUT2D eigenvalue weighted by Gasteiger charge is -2.47. The van der Waals surface area contributed by atoms with Gasteiger partial charge in [-0.15, -0.1) is 107 Å². The van der Waals surface area contributed by atoms with E-state index < -0.39 is 18.1 Å². The lowest BCUT2D eigenvalue weighted by molar-refractivity contribution is 0.112. The van der Waals surface area contributed by atoms with E-state index in [2.05, 4.69) is 161 Å². The van der Waals surface area contributed by atoms with E-state index in [9.17, 15) is 4.79 Å². The van der Waals surface area contributed by atoms with Crippen LogP contribution in [0.4, 0.5) is 0 Å². The number of rotatable bonds is 12. The van der Waals surface area contributed by atoms with Gasteiger partial charge in [-0.25, -0.2) is 0 Å². The summed E-state index contributed by atoms with van der Waals surface area (Å²) in [6, 6.07) is 1.84. The molecule has 0 aromatic heterocycles. The highest BCUT2D eigenvalue weighted by Gasteiger charge is 2.57. The molecule has 1 nitrogen and oxygen atoms in total. The molecule has 13 atom stereocenters. The van der Waals surface area contributed by atoms with Crippen LogP contribution in [0.5, 0.6) is 0 Å². The Kier molecular flexibility index (Phi) is 22.9. The van der Waals surface area contributed by atoms with Crippen LogP contribution in [0.15, 0.2) is 42.3 Å². The Morgan fingerprint density at radius 1 is 0.640 bits per heavy atom. The standard InChI is InChI=1S/C24H26O.H24P24S/c1-22(2)20-14-18(13-12-17-10-8-7-9-11-17)19(16-25)15-21(20)23(3,4)24(22,5)6;1-14(2)21(15(3)4)20(13-25)24(22(16(5)6)17(7)8)23(18(9)10)19(11)12/h7-11,14-16H,1-6H3;1-12H2/i7D,8D,9D,10D,11D;. The summed E-state index contributed by atoms with van der Waals surface area (Å²) in [6.45, 7) is 12.9. The fraction of sp³-hybridized carbons (Fsp3) is 0.375. The van der Waals surface area contributed by atoms with Crippen molar-refractivity contribution in [2.75, 3.05) is 0 Å². The fourth-order valence-electron chi connectivity index (χ4n) is 5.02. The van der Waals surface area contributed by atoms with Gasteiger partial charge in [0, 0.05) is 37.7 Å². The molecule has 0 fully saturated rings. The van der Waals surface area contributed by atoms with E-state index in [-0.39, 0.29) is 111 Å². The maximum absolute atomic E-state index is 11.8. The van der Waals surface area contributed by atoms with Crippen LogP contribution in [0.25, 0.3) is 0 Å². The summed E-state index contributed by atoms with van der Waals surface area (Å²) in [7, 11) is 39.5. The van der Waals surface area contributed by atoms with Gasteiger partial charge in [0.05, 0.1) is 6.85 Å². The van der Waals surface area contributed by atoms with E-state index in [1.165, 1.54) is 7.04 Å². The quantitative estimate of drug-likeness (QED) is 0.120. The molecule has 2 aromatic rings. The second-order valence-corrected chi connectivity index (χ2v) is 108. The number of hydrogen-bond donors (Lipinski definition) is 0. The third-order valence-electron chi connectivity index (χ3n) is 8.56. The number of aldehydes is 1. The zero-order valence-electron chi connectivity index (χ0n) is 33.3. The first-order valence-electron chi connectivity index (χ1n) is 16.4. The van der Waals surface area contributed by atoms with Crippen molar-refractivity contribution in [2.24, 2.45) is 5.41 Å². The summed E-state index contributed by atoms with van der Waals surface area (Å²) >= 11 is 5.86. The smallest absolute Gasteiger partial charge is 0.151 e. The zero-order chi connectivity index (χ0) is 42.9. The molecule has 0 amide bonds. The Morgan fingerprint density at radius 2 is 1.04 bits per heavy atom. The van der Waals surface area contributed by atoms with Crippen molar-refractivity contribution in [3.8, 4) is 11.8 Å². The highest BCUT2D eigenvalue weighted by atomic mass is 33.4. The number of hydrogen-bond acceptors (Lipinski definition) is 2. The van der Waals surface area contributed by atoms with Crippen molar-refractivity contribution in [2.45, 2.75) is 52.4 Å². The maximum Gasteiger partial charge on any atom is 0.151 e. The average molecular weight is 1140 g/mol. The highest BCUT2D eigenvalue weighted by Crippen LogP contribution is 3.33. The molecule has 0 heterocycles. The van der Waals surface area contributed by atoms with Gasteiger partial charge >= 0.3 is 0 Å². The predicted molar refractivity (Wildman–Crippen MR) is 311 cm³/mol. The zero-order valence-corrected chi connectivity index (χ0v) is 53.7.